The normalized spacial score (nSPS) is 10.4. The van der Waals surface area contributed by atoms with Gasteiger partial charge in [-0.15, -0.1) is 0 Å². The van der Waals surface area contributed by atoms with E-state index in [0.29, 0.717) is 16.9 Å². The van der Waals surface area contributed by atoms with Crippen molar-refractivity contribution >= 4 is 28.3 Å². The zero-order chi connectivity index (χ0) is 19.6. The van der Waals surface area contributed by atoms with E-state index < -0.39 is 16.5 Å². The van der Waals surface area contributed by atoms with Gasteiger partial charge in [0.15, 0.2) is 11.5 Å². The number of ether oxygens (including phenoxy) is 2. The number of nitrogens with one attached hydrogen (secondary N) is 1. The summed E-state index contributed by atoms with van der Waals surface area (Å²) in [7, 11) is 2.90. The third-order valence-corrected chi connectivity index (χ3v) is 3.83. The third-order valence-electron chi connectivity index (χ3n) is 3.83. The second kappa shape index (κ2) is 7.16. The maximum absolute atomic E-state index is 12.4. The molecule has 0 atom stereocenters. The number of rotatable bonds is 5. The van der Waals surface area contributed by atoms with E-state index in [0.717, 1.165) is 0 Å². The Morgan fingerprint density at radius 1 is 1.11 bits per heavy atom. The van der Waals surface area contributed by atoms with Gasteiger partial charge >= 0.3 is 11.3 Å². The molecule has 3 rings (SSSR count). The van der Waals surface area contributed by atoms with Crippen LogP contribution in [0.2, 0.25) is 0 Å². The number of benzene rings is 2. The first-order chi connectivity index (χ1) is 12.9. The van der Waals surface area contributed by atoms with Crippen molar-refractivity contribution in [3.05, 3.63) is 68.6 Å². The smallest absolute Gasteiger partial charge is 0.360 e. The largest absolute Gasteiger partial charge is 0.493 e. The SMILES string of the molecule is COc1ccc(C(=O)Nc2cc3cccc([N+](=O)[O-])c3oc2=O)cc1OC. The Balaban J connectivity index is 1.97. The summed E-state index contributed by atoms with van der Waals surface area (Å²) < 4.78 is 15.3. The van der Waals surface area contributed by atoms with Gasteiger partial charge in [0.25, 0.3) is 5.91 Å². The van der Waals surface area contributed by atoms with Gasteiger partial charge in [0.2, 0.25) is 5.58 Å². The molecule has 0 bridgehead atoms. The lowest BCUT2D eigenvalue weighted by Crippen LogP contribution is -2.18. The molecule has 1 amide bonds. The number of hydrogen-bond donors (Lipinski definition) is 1. The fourth-order valence-electron chi connectivity index (χ4n) is 2.53. The number of anilines is 1. The molecule has 0 aliphatic carbocycles. The summed E-state index contributed by atoms with van der Waals surface area (Å²) in [6.45, 7) is 0. The topological polar surface area (TPSA) is 121 Å². The summed E-state index contributed by atoms with van der Waals surface area (Å²) in [5.74, 6) is 0.228. The van der Waals surface area contributed by atoms with Gasteiger partial charge in [-0.25, -0.2) is 4.79 Å². The number of hydrogen-bond acceptors (Lipinski definition) is 7. The number of non-ortho nitro benzene ring substituents is 1. The van der Waals surface area contributed by atoms with E-state index in [1.807, 2.05) is 0 Å². The molecule has 1 aromatic heterocycles. The molecule has 9 heteroatoms. The molecule has 1 N–H and O–H groups in total. The first kappa shape index (κ1) is 17.9. The van der Waals surface area contributed by atoms with Crippen molar-refractivity contribution in [3.8, 4) is 11.5 Å². The van der Waals surface area contributed by atoms with E-state index in [4.69, 9.17) is 13.9 Å². The zero-order valence-electron chi connectivity index (χ0n) is 14.3. The molecule has 0 unspecified atom stereocenters. The van der Waals surface area contributed by atoms with Crippen molar-refractivity contribution in [2.24, 2.45) is 0 Å². The minimum absolute atomic E-state index is 0.136. The van der Waals surface area contributed by atoms with E-state index >= 15 is 0 Å². The summed E-state index contributed by atoms with van der Waals surface area (Å²) in [6.07, 6.45) is 0. The van der Waals surface area contributed by atoms with Crippen LogP contribution < -0.4 is 20.4 Å². The van der Waals surface area contributed by atoms with E-state index in [9.17, 15) is 19.7 Å². The van der Waals surface area contributed by atoms with Crippen molar-refractivity contribution in [1.29, 1.82) is 0 Å². The summed E-state index contributed by atoms with van der Waals surface area (Å²) in [5.41, 5.74) is -1.29. The minimum Gasteiger partial charge on any atom is -0.493 e. The van der Waals surface area contributed by atoms with Crippen LogP contribution in [0.4, 0.5) is 11.4 Å². The highest BCUT2D eigenvalue weighted by molar-refractivity contribution is 6.05. The van der Waals surface area contributed by atoms with Gasteiger partial charge < -0.3 is 19.2 Å². The Bertz CT molecular complexity index is 1100. The van der Waals surface area contributed by atoms with Crippen LogP contribution in [0.5, 0.6) is 11.5 Å². The zero-order valence-corrected chi connectivity index (χ0v) is 14.3. The van der Waals surface area contributed by atoms with Gasteiger partial charge in [-0.05, 0) is 24.3 Å². The van der Waals surface area contributed by atoms with Crippen LogP contribution >= 0.6 is 0 Å². The Labute approximate surface area is 152 Å². The first-order valence-electron chi connectivity index (χ1n) is 7.69. The fourth-order valence-corrected chi connectivity index (χ4v) is 2.53. The van der Waals surface area contributed by atoms with Gasteiger partial charge in [0.1, 0.15) is 5.69 Å². The molecule has 0 saturated heterocycles. The molecule has 9 nitrogen and oxygen atoms in total. The lowest BCUT2D eigenvalue weighted by Gasteiger charge is -2.10. The van der Waals surface area contributed by atoms with E-state index in [1.165, 1.54) is 50.6 Å². The van der Waals surface area contributed by atoms with E-state index in [2.05, 4.69) is 5.32 Å². The molecule has 3 aromatic rings. The summed E-state index contributed by atoms with van der Waals surface area (Å²) in [6, 6.07) is 10.1. The molecule has 0 saturated carbocycles. The van der Waals surface area contributed by atoms with Crippen molar-refractivity contribution in [3.63, 3.8) is 0 Å². The van der Waals surface area contributed by atoms with Crippen LogP contribution in [0.3, 0.4) is 0 Å². The second-order valence-corrected chi connectivity index (χ2v) is 5.42. The molecule has 138 valence electrons. The highest BCUT2D eigenvalue weighted by Gasteiger charge is 2.18. The van der Waals surface area contributed by atoms with E-state index in [-0.39, 0.29) is 22.5 Å². The lowest BCUT2D eigenvalue weighted by atomic mass is 10.1. The molecular weight excluding hydrogens is 356 g/mol. The number of nitro groups is 1. The molecule has 0 aliphatic heterocycles. The molecule has 0 spiro atoms. The third kappa shape index (κ3) is 3.43. The van der Waals surface area contributed by atoms with E-state index in [1.54, 1.807) is 6.07 Å². The number of amides is 1. The number of nitrogens with zero attached hydrogens (tertiary/aromatic N) is 1. The number of fused-ring (bicyclic) bond motifs is 1. The average molecular weight is 370 g/mol. The van der Waals surface area contributed by atoms with Crippen LogP contribution in [0.25, 0.3) is 11.0 Å². The predicted molar refractivity (Wildman–Crippen MR) is 96.6 cm³/mol. The van der Waals surface area contributed by atoms with Gasteiger partial charge in [0, 0.05) is 17.0 Å². The van der Waals surface area contributed by atoms with Gasteiger partial charge in [-0.3, -0.25) is 14.9 Å². The average Bonchev–Trinajstić information content (AvgIpc) is 2.67. The molecule has 27 heavy (non-hydrogen) atoms. The summed E-state index contributed by atoms with van der Waals surface area (Å²) >= 11 is 0. The number of carbonyl (C=O) groups is 1. The number of carbonyl (C=O) groups excluding carboxylic acids is 1. The first-order valence-corrected chi connectivity index (χ1v) is 7.69. The van der Waals surface area contributed by atoms with Crippen LogP contribution in [0.1, 0.15) is 10.4 Å². The number of para-hydroxylation sites is 1. The van der Waals surface area contributed by atoms with Crippen LogP contribution in [-0.2, 0) is 0 Å². The monoisotopic (exact) mass is 370 g/mol. The van der Waals surface area contributed by atoms with Crippen LogP contribution in [0.15, 0.2) is 51.7 Å². The molecular formula is C18H14N2O7. The quantitative estimate of drug-likeness (QED) is 0.416. The Morgan fingerprint density at radius 2 is 1.85 bits per heavy atom. The summed E-state index contributed by atoms with van der Waals surface area (Å²) in [4.78, 5) is 35.0. The van der Waals surface area contributed by atoms with Crippen molar-refractivity contribution < 1.29 is 23.6 Å². The van der Waals surface area contributed by atoms with Crippen molar-refractivity contribution in [2.75, 3.05) is 19.5 Å². The van der Waals surface area contributed by atoms with Crippen LogP contribution in [-0.4, -0.2) is 25.1 Å². The van der Waals surface area contributed by atoms with Gasteiger partial charge in [-0.2, -0.15) is 0 Å². The minimum atomic E-state index is -0.898. The molecule has 2 aromatic carbocycles. The highest BCUT2D eigenvalue weighted by atomic mass is 16.6. The maximum Gasteiger partial charge on any atom is 0.360 e. The van der Waals surface area contributed by atoms with Gasteiger partial charge in [0.05, 0.1) is 19.1 Å². The molecule has 0 aliphatic rings. The Morgan fingerprint density at radius 3 is 2.52 bits per heavy atom. The predicted octanol–water partition coefficient (Wildman–Crippen LogP) is 2.97. The standard InChI is InChI=1S/C18H14N2O7/c1-25-14-7-6-11(9-15(14)26-2)17(21)19-12-8-10-4-3-5-13(20(23)24)16(10)27-18(12)22/h3-9H,1-2H3,(H,19,21). The van der Waals surface area contributed by atoms with Crippen LogP contribution in [0, 0.1) is 10.1 Å². The van der Waals surface area contributed by atoms with Crippen molar-refractivity contribution in [1.82, 2.24) is 0 Å². The number of nitro benzene ring substituents is 1. The fraction of sp³-hybridized carbons (Fsp3) is 0.111. The van der Waals surface area contributed by atoms with Crippen molar-refractivity contribution in [2.45, 2.75) is 0 Å². The molecule has 0 radical (unpaired) electrons. The summed E-state index contributed by atoms with van der Waals surface area (Å²) in [5, 5.41) is 13.8. The second-order valence-electron chi connectivity index (χ2n) is 5.42. The Hall–Kier alpha value is -3.88. The van der Waals surface area contributed by atoms with Gasteiger partial charge in [-0.1, -0.05) is 12.1 Å². The number of methoxy groups -OCH3 is 2. The molecule has 1 heterocycles. The molecule has 0 fully saturated rings. The maximum atomic E-state index is 12.4. The highest BCUT2D eigenvalue weighted by Crippen LogP contribution is 2.28. The lowest BCUT2D eigenvalue weighted by molar-refractivity contribution is -0.383. The Kier molecular flexibility index (Phi) is 4.75.